The highest BCUT2D eigenvalue weighted by atomic mass is 79.9. The molecular formula is C21H22BrN3O. The summed E-state index contributed by atoms with van der Waals surface area (Å²) in [5.41, 5.74) is 3.90. The zero-order valence-electron chi connectivity index (χ0n) is 14.8. The summed E-state index contributed by atoms with van der Waals surface area (Å²) in [5, 5.41) is 2.97. The Balaban J connectivity index is 1.61. The van der Waals surface area contributed by atoms with Crippen molar-refractivity contribution in [2.75, 3.05) is 6.54 Å². The Morgan fingerprint density at radius 3 is 2.65 bits per heavy atom. The molecule has 0 atom stereocenters. The molecule has 0 spiro atoms. The highest BCUT2D eigenvalue weighted by molar-refractivity contribution is 9.10. The molecule has 0 aliphatic heterocycles. The molecule has 2 aromatic carbocycles. The van der Waals surface area contributed by atoms with Crippen molar-refractivity contribution < 1.29 is 4.79 Å². The van der Waals surface area contributed by atoms with Crippen molar-refractivity contribution in [2.45, 2.75) is 26.3 Å². The SMILES string of the molecule is C=C(C)Cn1c(CCCNC(=O)c2ccc(Br)cc2)nc2ccccc21. The Bertz CT molecular complexity index is 928. The highest BCUT2D eigenvalue weighted by Crippen LogP contribution is 2.18. The maximum Gasteiger partial charge on any atom is 0.251 e. The second kappa shape index (κ2) is 8.32. The maximum atomic E-state index is 12.2. The van der Waals surface area contributed by atoms with Crippen molar-refractivity contribution in [1.82, 2.24) is 14.9 Å². The second-order valence-electron chi connectivity index (χ2n) is 6.43. The molecular weight excluding hydrogens is 390 g/mol. The van der Waals surface area contributed by atoms with Gasteiger partial charge in [0.15, 0.2) is 0 Å². The molecule has 0 radical (unpaired) electrons. The van der Waals surface area contributed by atoms with Crippen molar-refractivity contribution in [1.29, 1.82) is 0 Å². The van der Waals surface area contributed by atoms with Gasteiger partial charge in [0.2, 0.25) is 0 Å². The van der Waals surface area contributed by atoms with E-state index in [9.17, 15) is 4.79 Å². The van der Waals surface area contributed by atoms with Crippen molar-refractivity contribution >= 4 is 32.9 Å². The van der Waals surface area contributed by atoms with Gasteiger partial charge < -0.3 is 9.88 Å². The van der Waals surface area contributed by atoms with Gasteiger partial charge in [-0.25, -0.2) is 4.98 Å². The van der Waals surface area contributed by atoms with Crippen LogP contribution < -0.4 is 5.32 Å². The largest absolute Gasteiger partial charge is 0.352 e. The number of hydrogen-bond donors (Lipinski definition) is 1. The van der Waals surface area contributed by atoms with Crippen LogP contribution in [0.4, 0.5) is 0 Å². The summed E-state index contributed by atoms with van der Waals surface area (Å²) in [6.45, 7) is 7.43. The van der Waals surface area contributed by atoms with Gasteiger partial charge in [0.25, 0.3) is 5.91 Å². The summed E-state index contributed by atoms with van der Waals surface area (Å²) in [6, 6.07) is 15.5. The number of hydrogen-bond acceptors (Lipinski definition) is 2. The van der Waals surface area contributed by atoms with Crippen molar-refractivity contribution in [2.24, 2.45) is 0 Å². The molecule has 4 nitrogen and oxygen atoms in total. The third kappa shape index (κ3) is 4.41. The lowest BCUT2D eigenvalue weighted by Gasteiger charge is -2.09. The minimum atomic E-state index is -0.0482. The number of benzene rings is 2. The third-order valence-electron chi connectivity index (χ3n) is 4.13. The molecule has 1 heterocycles. The molecule has 1 N–H and O–H groups in total. The van der Waals surface area contributed by atoms with Gasteiger partial charge in [-0.3, -0.25) is 4.79 Å². The van der Waals surface area contributed by atoms with E-state index >= 15 is 0 Å². The molecule has 0 saturated heterocycles. The summed E-state index contributed by atoms with van der Waals surface area (Å²) in [6.07, 6.45) is 1.64. The first kappa shape index (κ1) is 18.4. The van der Waals surface area contributed by atoms with Crippen molar-refractivity contribution in [3.05, 3.63) is 76.5 Å². The van der Waals surface area contributed by atoms with Crippen LogP contribution >= 0.6 is 15.9 Å². The normalized spacial score (nSPS) is 10.8. The minimum absolute atomic E-state index is 0.0482. The summed E-state index contributed by atoms with van der Waals surface area (Å²) < 4.78 is 3.18. The molecule has 3 aromatic rings. The lowest BCUT2D eigenvalue weighted by Crippen LogP contribution is -2.25. The highest BCUT2D eigenvalue weighted by Gasteiger charge is 2.11. The third-order valence-corrected chi connectivity index (χ3v) is 4.66. The number of halogens is 1. The van der Waals surface area contributed by atoms with E-state index < -0.39 is 0 Å². The Morgan fingerprint density at radius 1 is 1.19 bits per heavy atom. The number of nitrogens with zero attached hydrogens (tertiary/aromatic N) is 2. The first-order chi connectivity index (χ1) is 12.5. The Labute approximate surface area is 162 Å². The lowest BCUT2D eigenvalue weighted by atomic mass is 10.2. The Kier molecular flexibility index (Phi) is 5.89. The number of imidazole rings is 1. The number of aryl methyl sites for hydroxylation is 1. The van der Waals surface area contributed by atoms with Gasteiger partial charge in [0.05, 0.1) is 11.0 Å². The molecule has 0 aliphatic rings. The van der Waals surface area contributed by atoms with E-state index in [0.717, 1.165) is 46.3 Å². The summed E-state index contributed by atoms with van der Waals surface area (Å²) >= 11 is 3.38. The number of carbonyl (C=O) groups is 1. The average Bonchev–Trinajstić information content (AvgIpc) is 2.96. The topological polar surface area (TPSA) is 46.9 Å². The molecule has 26 heavy (non-hydrogen) atoms. The number of allylic oxidation sites excluding steroid dienone is 1. The van der Waals surface area contributed by atoms with E-state index in [4.69, 9.17) is 4.98 Å². The van der Waals surface area contributed by atoms with Gasteiger partial charge in [-0.15, -0.1) is 0 Å². The Morgan fingerprint density at radius 2 is 1.92 bits per heavy atom. The Hall–Kier alpha value is -2.40. The van der Waals surface area contributed by atoms with E-state index in [-0.39, 0.29) is 5.91 Å². The first-order valence-electron chi connectivity index (χ1n) is 8.67. The van der Waals surface area contributed by atoms with Crippen LogP contribution in [0.25, 0.3) is 11.0 Å². The number of amides is 1. The van der Waals surface area contributed by atoms with Crippen LogP contribution in [0.5, 0.6) is 0 Å². The zero-order valence-corrected chi connectivity index (χ0v) is 16.4. The molecule has 3 rings (SSSR count). The van der Waals surface area contributed by atoms with Gasteiger partial charge in [0.1, 0.15) is 5.82 Å². The summed E-state index contributed by atoms with van der Waals surface area (Å²) in [5.74, 6) is 0.986. The van der Waals surface area contributed by atoms with Crippen LogP contribution in [0, 0.1) is 0 Å². The smallest absolute Gasteiger partial charge is 0.251 e. The second-order valence-corrected chi connectivity index (χ2v) is 7.34. The molecule has 1 amide bonds. The van der Waals surface area contributed by atoms with Crippen LogP contribution in [0.3, 0.4) is 0 Å². The fourth-order valence-electron chi connectivity index (χ4n) is 2.91. The number of para-hydroxylation sites is 2. The number of nitrogens with one attached hydrogen (secondary N) is 1. The zero-order chi connectivity index (χ0) is 18.5. The van der Waals surface area contributed by atoms with Crippen LogP contribution in [-0.4, -0.2) is 22.0 Å². The summed E-state index contributed by atoms with van der Waals surface area (Å²) in [7, 11) is 0. The average molecular weight is 412 g/mol. The number of rotatable bonds is 7. The van der Waals surface area contributed by atoms with Crippen molar-refractivity contribution in [3.8, 4) is 0 Å². The van der Waals surface area contributed by atoms with E-state index in [1.807, 2.05) is 49.4 Å². The number of aromatic nitrogens is 2. The fraction of sp³-hybridized carbons (Fsp3) is 0.238. The van der Waals surface area contributed by atoms with Crippen LogP contribution in [0.15, 0.2) is 65.2 Å². The van der Waals surface area contributed by atoms with E-state index in [2.05, 4.69) is 38.5 Å². The van der Waals surface area contributed by atoms with Gasteiger partial charge in [-0.05, 0) is 49.7 Å². The van der Waals surface area contributed by atoms with E-state index in [1.165, 1.54) is 0 Å². The molecule has 1 aromatic heterocycles. The van der Waals surface area contributed by atoms with Gasteiger partial charge in [-0.2, -0.15) is 0 Å². The fourth-order valence-corrected chi connectivity index (χ4v) is 3.18. The maximum absolute atomic E-state index is 12.2. The predicted molar refractivity (Wildman–Crippen MR) is 109 cm³/mol. The summed E-state index contributed by atoms with van der Waals surface area (Å²) in [4.78, 5) is 16.9. The van der Waals surface area contributed by atoms with Crippen molar-refractivity contribution in [3.63, 3.8) is 0 Å². The monoisotopic (exact) mass is 411 g/mol. The number of fused-ring (bicyclic) bond motifs is 1. The molecule has 0 fully saturated rings. The van der Waals surface area contributed by atoms with Gasteiger partial charge >= 0.3 is 0 Å². The van der Waals surface area contributed by atoms with E-state index in [0.29, 0.717) is 12.1 Å². The van der Waals surface area contributed by atoms with Crippen LogP contribution in [-0.2, 0) is 13.0 Å². The van der Waals surface area contributed by atoms with Crippen LogP contribution in [0.2, 0.25) is 0 Å². The standard InChI is InChI=1S/C21H22BrN3O/c1-15(2)14-25-19-7-4-3-6-18(19)24-20(25)8-5-13-23-21(26)16-9-11-17(22)12-10-16/h3-4,6-7,9-12H,1,5,8,13-14H2,2H3,(H,23,26). The molecule has 0 bridgehead atoms. The molecule has 0 saturated carbocycles. The molecule has 134 valence electrons. The van der Waals surface area contributed by atoms with E-state index in [1.54, 1.807) is 0 Å². The van der Waals surface area contributed by atoms with Crippen LogP contribution in [0.1, 0.15) is 29.5 Å². The van der Waals surface area contributed by atoms with Gasteiger partial charge in [-0.1, -0.05) is 40.2 Å². The molecule has 0 aliphatic carbocycles. The molecule has 0 unspecified atom stereocenters. The lowest BCUT2D eigenvalue weighted by molar-refractivity contribution is 0.0953. The number of carbonyl (C=O) groups excluding carboxylic acids is 1. The first-order valence-corrected chi connectivity index (χ1v) is 9.46. The van der Waals surface area contributed by atoms with Gasteiger partial charge in [0, 0.05) is 29.5 Å². The molecule has 5 heteroatoms. The predicted octanol–water partition coefficient (Wildman–Crippen LogP) is 4.74. The minimum Gasteiger partial charge on any atom is -0.352 e. The quantitative estimate of drug-likeness (QED) is 0.450.